The first-order valence-electron chi connectivity index (χ1n) is 10.1. The number of carbonyl (C=O) groups excluding carboxylic acids is 2. The Bertz CT molecular complexity index is 1030. The second-order valence-corrected chi connectivity index (χ2v) is 7.74. The fourth-order valence-electron chi connectivity index (χ4n) is 4.25. The van der Waals surface area contributed by atoms with E-state index in [4.69, 9.17) is 4.74 Å². The molecule has 2 heterocycles. The van der Waals surface area contributed by atoms with Gasteiger partial charge in [0, 0.05) is 30.1 Å². The van der Waals surface area contributed by atoms with Crippen molar-refractivity contribution < 1.29 is 14.3 Å². The van der Waals surface area contributed by atoms with Crippen LogP contribution in [0.5, 0.6) is 0 Å². The van der Waals surface area contributed by atoms with Crippen LogP contribution < -0.4 is 0 Å². The average molecular weight is 390 g/mol. The van der Waals surface area contributed by atoms with E-state index in [-0.39, 0.29) is 30.4 Å². The number of amides is 1. The summed E-state index contributed by atoms with van der Waals surface area (Å²) in [6.45, 7) is 4.39. The number of H-pyrrole nitrogens is 1. The molecule has 0 saturated heterocycles. The molecule has 1 aromatic heterocycles. The molecule has 1 amide bonds. The molecule has 150 valence electrons. The Labute approximate surface area is 170 Å². The number of para-hydroxylation sites is 1. The zero-order valence-electron chi connectivity index (χ0n) is 16.9. The molecule has 2 aromatic carbocycles. The molecule has 0 fully saturated rings. The van der Waals surface area contributed by atoms with Gasteiger partial charge in [-0.3, -0.25) is 9.59 Å². The van der Waals surface area contributed by atoms with E-state index in [1.807, 2.05) is 55.5 Å². The summed E-state index contributed by atoms with van der Waals surface area (Å²) >= 11 is 0. The van der Waals surface area contributed by atoms with Gasteiger partial charge in [-0.25, -0.2) is 0 Å². The lowest BCUT2D eigenvalue weighted by molar-refractivity contribution is -0.148. The van der Waals surface area contributed by atoms with E-state index < -0.39 is 0 Å². The largest absolute Gasteiger partial charge is 0.463 e. The van der Waals surface area contributed by atoms with Gasteiger partial charge < -0.3 is 14.6 Å². The van der Waals surface area contributed by atoms with Gasteiger partial charge in [-0.05, 0) is 29.5 Å². The number of esters is 1. The smallest absolute Gasteiger partial charge is 0.306 e. The summed E-state index contributed by atoms with van der Waals surface area (Å²) in [6.07, 6.45) is 1.12. The third kappa shape index (κ3) is 3.90. The normalized spacial score (nSPS) is 17.0. The van der Waals surface area contributed by atoms with Gasteiger partial charge in [0.05, 0.1) is 6.42 Å². The van der Waals surface area contributed by atoms with E-state index in [1.165, 1.54) is 10.9 Å². The second-order valence-electron chi connectivity index (χ2n) is 7.74. The molecule has 0 unspecified atom stereocenters. The summed E-state index contributed by atoms with van der Waals surface area (Å²) in [6, 6.07) is 17.8. The highest BCUT2D eigenvalue weighted by Gasteiger charge is 2.33. The summed E-state index contributed by atoms with van der Waals surface area (Å²) in [7, 11) is 0. The molecule has 0 bridgehead atoms. The van der Waals surface area contributed by atoms with Crippen LogP contribution in [-0.2, 0) is 20.7 Å². The van der Waals surface area contributed by atoms with E-state index in [2.05, 4.69) is 11.1 Å². The summed E-state index contributed by atoms with van der Waals surface area (Å²) < 4.78 is 5.65. The summed E-state index contributed by atoms with van der Waals surface area (Å²) in [5, 5.41) is 1.18. The minimum atomic E-state index is -0.278. The third-order valence-corrected chi connectivity index (χ3v) is 5.81. The SMILES string of the molecule is CC(=O)N1CCc2c([nH]c3ccccc23)[C@@H]1COC(=O)C[C@H](C)c1ccccc1. The van der Waals surface area contributed by atoms with Crippen molar-refractivity contribution in [2.24, 2.45) is 0 Å². The molecule has 4 rings (SSSR count). The minimum absolute atomic E-state index is 0.00647. The topological polar surface area (TPSA) is 62.4 Å². The van der Waals surface area contributed by atoms with Crippen molar-refractivity contribution in [3.8, 4) is 0 Å². The highest BCUT2D eigenvalue weighted by Crippen LogP contribution is 2.35. The lowest BCUT2D eigenvalue weighted by Gasteiger charge is -2.34. The molecule has 0 saturated carbocycles. The molecule has 1 aliphatic heterocycles. The molecule has 0 aliphatic carbocycles. The van der Waals surface area contributed by atoms with E-state index in [1.54, 1.807) is 11.8 Å². The monoisotopic (exact) mass is 390 g/mol. The Kier molecular flexibility index (Phi) is 5.38. The van der Waals surface area contributed by atoms with Crippen LogP contribution in [0.25, 0.3) is 10.9 Å². The lowest BCUT2D eigenvalue weighted by Crippen LogP contribution is -2.41. The molecule has 3 aromatic rings. The maximum Gasteiger partial charge on any atom is 0.306 e. The van der Waals surface area contributed by atoms with Crippen LogP contribution in [-0.4, -0.2) is 34.9 Å². The number of hydrogen-bond donors (Lipinski definition) is 1. The van der Waals surface area contributed by atoms with Crippen LogP contribution in [0.1, 0.15) is 49.0 Å². The van der Waals surface area contributed by atoms with Crippen molar-refractivity contribution in [3.63, 3.8) is 0 Å². The number of aromatic amines is 1. The van der Waals surface area contributed by atoms with E-state index in [0.29, 0.717) is 13.0 Å². The molecular formula is C24H26N2O3. The number of benzene rings is 2. The second kappa shape index (κ2) is 8.11. The van der Waals surface area contributed by atoms with E-state index in [9.17, 15) is 9.59 Å². The summed E-state index contributed by atoms with van der Waals surface area (Å²) in [5.41, 5.74) is 4.37. The van der Waals surface area contributed by atoms with E-state index in [0.717, 1.165) is 23.2 Å². The van der Waals surface area contributed by atoms with Crippen LogP contribution in [0.3, 0.4) is 0 Å². The maximum absolute atomic E-state index is 12.5. The number of nitrogens with zero attached hydrogens (tertiary/aromatic N) is 1. The van der Waals surface area contributed by atoms with Crippen LogP contribution >= 0.6 is 0 Å². The molecular weight excluding hydrogens is 364 g/mol. The van der Waals surface area contributed by atoms with Gasteiger partial charge in [-0.2, -0.15) is 0 Å². The quantitative estimate of drug-likeness (QED) is 0.659. The fourth-order valence-corrected chi connectivity index (χ4v) is 4.25. The average Bonchev–Trinajstić information content (AvgIpc) is 3.11. The van der Waals surface area contributed by atoms with Crippen LogP contribution in [0, 0.1) is 0 Å². The van der Waals surface area contributed by atoms with Gasteiger partial charge in [-0.15, -0.1) is 0 Å². The maximum atomic E-state index is 12.5. The van der Waals surface area contributed by atoms with E-state index >= 15 is 0 Å². The van der Waals surface area contributed by atoms with Gasteiger partial charge >= 0.3 is 5.97 Å². The van der Waals surface area contributed by atoms with Gasteiger partial charge in [-0.1, -0.05) is 55.5 Å². The van der Waals surface area contributed by atoms with Crippen molar-refractivity contribution in [1.29, 1.82) is 0 Å². The molecule has 2 atom stereocenters. The number of nitrogens with one attached hydrogen (secondary N) is 1. The molecule has 29 heavy (non-hydrogen) atoms. The first kappa shape index (κ1) is 19.2. The van der Waals surface area contributed by atoms with Crippen LogP contribution in [0.4, 0.5) is 0 Å². The number of carbonyl (C=O) groups is 2. The van der Waals surface area contributed by atoms with Gasteiger partial charge in [0.1, 0.15) is 12.6 Å². The molecule has 1 N–H and O–H groups in total. The number of ether oxygens (including phenoxy) is 1. The number of hydrogen-bond acceptors (Lipinski definition) is 3. The molecule has 5 nitrogen and oxygen atoms in total. The minimum Gasteiger partial charge on any atom is -0.463 e. The van der Waals surface area contributed by atoms with Crippen molar-refractivity contribution in [2.75, 3.05) is 13.2 Å². The predicted molar refractivity (Wildman–Crippen MR) is 113 cm³/mol. The van der Waals surface area contributed by atoms with Gasteiger partial charge in [0.15, 0.2) is 0 Å². The predicted octanol–water partition coefficient (Wildman–Crippen LogP) is 4.35. The standard InChI is InChI=1S/C24H26N2O3/c1-16(18-8-4-3-5-9-18)14-23(28)29-15-22-24-20(12-13-26(22)17(2)27)19-10-6-7-11-21(19)25-24/h3-11,16,22,25H,12-15H2,1-2H3/t16-,22-/m0/s1. The zero-order chi connectivity index (χ0) is 20.4. The van der Waals surface area contributed by atoms with Crippen molar-refractivity contribution in [2.45, 2.75) is 38.6 Å². The Morgan fingerprint density at radius 2 is 1.86 bits per heavy atom. The Morgan fingerprint density at radius 1 is 1.14 bits per heavy atom. The number of rotatable bonds is 5. The van der Waals surface area contributed by atoms with Crippen molar-refractivity contribution in [1.82, 2.24) is 9.88 Å². The first-order valence-corrected chi connectivity index (χ1v) is 10.1. The zero-order valence-corrected chi connectivity index (χ0v) is 16.9. The Balaban J connectivity index is 1.50. The highest BCUT2D eigenvalue weighted by atomic mass is 16.5. The van der Waals surface area contributed by atoms with Gasteiger partial charge in [0.25, 0.3) is 0 Å². The highest BCUT2D eigenvalue weighted by molar-refractivity contribution is 5.86. The van der Waals surface area contributed by atoms with Gasteiger partial charge in [0.2, 0.25) is 5.91 Å². The van der Waals surface area contributed by atoms with Crippen LogP contribution in [0.15, 0.2) is 54.6 Å². The lowest BCUT2D eigenvalue weighted by atomic mass is 9.97. The van der Waals surface area contributed by atoms with Crippen LogP contribution in [0.2, 0.25) is 0 Å². The molecule has 0 radical (unpaired) electrons. The fraction of sp³-hybridized carbons (Fsp3) is 0.333. The third-order valence-electron chi connectivity index (χ3n) is 5.81. The first-order chi connectivity index (χ1) is 14.0. The molecule has 0 spiro atoms. The summed E-state index contributed by atoms with van der Waals surface area (Å²) in [5.74, 6) is -0.163. The molecule has 1 aliphatic rings. The van der Waals surface area contributed by atoms with Crippen molar-refractivity contribution >= 4 is 22.8 Å². The summed E-state index contributed by atoms with van der Waals surface area (Å²) in [4.78, 5) is 30.0. The number of fused-ring (bicyclic) bond motifs is 3. The van der Waals surface area contributed by atoms with Crippen molar-refractivity contribution in [3.05, 3.63) is 71.4 Å². The number of aromatic nitrogens is 1. The molecule has 5 heteroatoms. The Morgan fingerprint density at radius 3 is 2.62 bits per heavy atom. The Hall–Kier alpha value is -3.08.